The molecule has 0 spiro atoms. The van der Waals surface area contributed by atoms with Crippen molar-refractivity contribution in [3.8, 4) is 10.4 Å². The summed E-state index contributed by atoms with van der Waals surface area (Å²) in [6, 6.07) is 10.6. The Bertz CT molecular complexity index is 1130. The van der Waals surface area contributed by atoms with E-state index in [-0.39, 0.29) is 5.75 Å². The van der Waals surface area contributed by atoms with Crippen LogP contribution in [0, 0.1) is 0 Å². The number of piperidine rings is 1. The predicted octanol–water partition coefficient (Wildman–Crippen LogP) is 3.52. The van der Waals surface area contributed by atoms with Gasteiger partial charge in [0.1, 0.15) is 0 Å². The van der Waals surface area contributed by atoms with E-state index in [1.807, 2.05) is 0 Å². The molecule has 0 unspecified atom stereocenters. The summed E-state index contributed by atoms with van der Waals surface area (Å²) in [7, 11) is -3.20. The number of hydrogen-bond acceptors (Lipinski definition) is 6. The number of aromatic amines is 1. The molecule has 0 saturated carbocycles. The van der Waals surface area contributed by atoms with E-state index in [2.05, 4.69) is 50.8 Å². The molecule has 2 fully saturated rings. The van der Waals surface area contributed by atoms with Crippen molar-refractivity contribution in [3.63, 3.8) is 0 Å². The predicted molar refractivity (Wildman–Crippen MR) is 129 cm³/mol. The van der Waals surface area contributed by atoms with Gasteiger partial charge in [-0.25, -0.2) is 12.7 Å². The van der Waals surface area contributed by atoms with Gasteiger partial charge >= 0.3 is 0 Å². The molecule has 2 saturated heterocycles. The molecule has 1 N–H and O–H groups in total. The summed E-state index contributed by atoms with van der Waals surface area (Å²) in [6.07, 6.45) is 2.32. The van der Waals surface area contributed by atoms with Crippen LogP contribution in [0.25, 0.3) is 21.3 Å². The molecule has 172 valence electrons. The maximum absolute atomic E-state index is 12.9. The van der Waals surface area contributed by atoms with Crippen LogP contribution < -0.4 is 0 Å². The lowest BCUT2D eigenvalue weighted by atomic mass is 9.92. The molecular weight excluding hydrogens is 444 g/mol. The Kier molecular flexibility index (Phi) is 6.61. The quantitative estimate of drug-likeness (QED) is 0.567. The third-order valence-corrected chi connectivity index (χ3v) is 9.50. The Hall–Kier alpha value is -1.78. The van der Waals surface area contributed by atoms with Gasteiger partial charge in [-0.05, 0) is 54.9 Å². The minimum atomic E-state index is -3.20. The molecule has 0 radical (unpaired) electrons. The van der Waals surface area contributed by atoms with Crippen molar-refractivity contribution in [2.75, 3.05) is 51.7 Å². The Morgan fingerprint density at radius 3 is 2.69 bits per heavy atom. The first-order valence-electron chi connectivity index (χ1n) is 11.4. The largest absolute Gasteiger partial charge is 0.379 e. The van der Waals surface area contributed by atoms with E-state index in [4.69, 9.17) is 4.74 Å². The topological polar surface area (TPSA) is 78.5 Å². The number of hydrogen-bond donors (Lipinski definition) is 1. The van der Waals surface area contributed by atoms with Gasteiger partial charge in [-0.2, -0.15) is 5.10 Å². The van der Waals surface area contributed by atoms with Crippen LogP contribution in [0.3, 0.4) is 0 Å². The van der Waals surface area contributed by atoms with Crippen molar-refractivity contribution in [1.82, 2.24) is 19.4 Å². The van der Waals surface area contributed by atoms with E-state index in [1.165, 1.54) is 10.4 Å². The molecule has 3 aromatic rings. The molecule has 0 atom stereocenters. The van der Waals surface area contributed by atoms with Crippen LogP contribution in [0.2, 0.25) is 0 Å². The lowest BCUT2D eigenvalue weighted by molar-refractivity contribution is 0.0380. The van der Waals surface area contributed by atoms with E-state index in [1.54, 1.807) is 15.6 Å². The number of benzene rings is 1. The summed E-state index contributed by atoms with van der Waals surface area (Å²) < 4.78 is 32.8. The third kappa shape index (κ3) is 4.77. The Morgan fingerprint density at radius 1 is 1.12 bits per heavy atom. The van der Waals surface area contributed by atoms with Gasteiger partial charge in [-0.15, -0.1) is 11.3 Å². The smallest absolute Gasteiger partial charge is 0.214 e. The normalized spacial score (nSPS) is 19.6. The van der Waals surface area contributed by atoms with E-state index in [0.29, 0.717) is 25.4 Å². The minimum absolute atomic E-state index is 0.228. The number of H-pyrrole nitrogens is 1. The minimum Gasteiger partial charge on any atom is -0.379 e. The van der Waals surface area contributed by atoms with Crippen LogP contribution in [0.1, 0.15) is 30.9 Å². The number of morpholine rings is 1. The van der Waals surface area contributed by atoms with Crippen LogP contribution >= 0.6 is 11.3 Å². The molecule has 4 heterocycles. The molecule has 2 aliphatic rings. The lowest BCUT2D eigenvalue weighted by Gasteiger charge is -2.31. The molecular formula is C23H30N4O3S2. The number of fused-ring (bicyclic) bond motifs is 1. The fourth-order valence-corrected chi connectivity index (χ4v) is 7.03. The highest BCUT2D eigenvalue weighted by molar-refractivity contribution is 7.89. The Labute approximate surface area is 193 Å². The summed E-state index contributed by atoms with van der Waals surface area (Å²) in [5.74, 6) is 0.532. The number of ether oxygens (including phenoxy) is 1. The zero-order chi connectivity index (χ0) is 22.0. The summed E-state index contributed by atoms with van der Waals surface area (Å²) in [5.41, 5.74) is 3.32. The fraction of sp³-hybridized carbons (Fsp3) is 0.522. The monoisotopic (exact) mass is 474 g/mol. The molecule has 5 rings (SSSR count). The molecule has 9 heteroatoms. The molecule has 2 aromatic heterocycles. The van der Waals surface area contributed by atoms with Crippen molar-refractivity contribution < 1.29 is 13.2 Å². The van der Waals surface area contributed by atoms with Crippen LogP contribution in [0.5, 0.6) is 0 Å². The average Bonchev–Trinajstić information content (AvgIpc) is 3.50. The van der Waals surface area contributed by atoms with Crippen LogP contribution in [0.15, 0.2) is 35.7 Å². The van der Waals surface area contributed by atoms with Crippen molar-refractivity contribution in [1.29, 1.82) is 0 Å². The summed E-state index contributed by atoms with van der Waals surface area (Å²) in [6.45, 7) is 5.28. The molecule has 32 heavy (non-hydrogen) atoms. The number of nitrogens with one attached hydrogen (secondary N) is 1. The fourth-order valence-electron chi connectivity index (χ4n) is 4.78. The molecule has 0 aliphatic carbocycles. The van der Waals surface area contributed by atoms with Crippen molar-refractivity contribution in [3.05, 3.63) is 41.4 Å². The number of aromatic nitrogens is 2. The SMILES string of the molecule is O=S(=O)(CCCN1CCOCC1)N1CCC(c2[nH]nc3ccc(-c4cccs4)cc23)CC1. The van der Waals surface area contributed by atoms with Crippen LogP contribution in [0.4, 0.5) is 0 Å². The van der Waals surface area contributed by atoms with Gasteiger partial charge in [-0.3, -0.25) is 10.00 Å². The maximum Gasteiger partial charge on any atom is 0.214 e. The van der Waals surface area contributed by atoms with Gasteiger partial charge in [0.25, 0.3) is 0 Å². The van der Waals surface area contributed by atoms with Gasteiger partial charge < -0.3 is 4.74 Å². The van der Waals surface area contributed by atoms with E-state index in [0.717, 1.165) is 62.3 Å². The summed E-state index contributed by atoms with van der Waals surface area (Å²) in [5, 5.41) is 11.0. The van der Waals surface area contributed by atoms with Gasteiger partial charge in [0.15, 0.2) is 0 Å². The summed E-state index contributed by atoms with van der Waals surface area (Å²) in [4.78, 5) is 3.54. The average molecular weight is 475 g/mol. The molecule has 0 amide bonds. The lowest BCUT2D eigenvalue weighted by Crippen LogP contribution is -2.41. The molecule has 0 bridgehead atoms. The van der Waals surface area contributed by atoms with Gasteiger partial charge in [-0.1, -0.05) is 12.1 Å². The van der Waals surface area contributed by atoms with Crippen molar-refractivity contribution in [2.45, 2.75) is 25.2 Å². The van der Waals surface area contributed by atoms with Gasteiger partial charge in [0, 0.05) is 48.1 Å². The first-order chi connectivity index (χ1) is 15.6. The zero-order valence-corrected chi connectivity index (χ0v) is 19.8. The zero-order valence-electron chi connectivity index (χ0n) is 18.2. The van der Waals surface area contributed by atoms with E-state index in [9.17, 15) is 8.42 Å². The number of sulfonamides is 1. The first kappa shape index (κ1) is 22.0. The van der Waals surface area contributed by atoms with Crippen LogP contribution in [-0.4, -0.2) is 79.5 Å². The molecule has 7 nitrogen and oxygen atoms in total. The maximum atomic E-state index is 12.9. The number of nitrogens with zero attached hydrogens (tertiary/aromatic N) is 3. The Morgan fingerprint density at radius 2 is 1.94 bits per heavy atom. The number of thiophene rings is 1. The first-order valence-corrected chi connectivity index (χ1v) is 13.9. The molecule has 1 aromatic carbocycles. The Balaban J connectivity index is 1.20. The van der Waals surface area contributed by atoms with Crippen LogP contribution in [-0.2, 0) is 14.8 Å². The van der Waals surface area contributed by atoms with Crippen molar-refractivity contribution >= 4 is 32.3 Å². The highest BCUT2D eigenvalue weighted by Gasteiger charge is 2.30. The second-order valence-electron chi connectivity index (χ2n) is 8.64. The second kappa shape index (κ2) is 9.61. The van der Waals surface area contributed by atoms with Crippen molar-refractivity contribution in [2.24, 2.45) is 0 Å². The second-order valence-corrected chi connectivity index (χ2v) is 11.7. The standard InChI is InChI=1S/C23H30N4O3S2/c28-32(29,16-2-8-26-11-13-30-14-12-26)27-9-6-18(7-10-27)23-20-17-19(22-3-1-15-31-22)4-5-21(20)24-25-23/h1,3-5,15,17-18H,2,6-14,16H2,(H,24,25). The van der Waals surface area contributed by atoms with E-state index < -0.39 is 10.0 Å². The van der Waals surface area contributed by atoms with E-state index >= 15 is 0 Å². The molecule has 2 aliphatic heterocycles. The highest BCUT2D eigenvalue weighted by atomic mass is 32.2. The van der Waals surface area contributed by atoms with Gasteiger partial charge in [0.05, 0.1) is 24.5 Å². The summed E-state index contributed by atoms with van der Waals surface area (Å²) >= 11 is 1.73. The third-order valence-electron chi connectivity index (χ3n) is 6.63. The number of rotatable bonds is 7. The highest BCUT2D eigenvalue weighted by Crippen LogP contribution is 2.35. The van der Waals surface area contributed by atoms with Gasteiger partial charge in [0.2, 0.25) is 10.0 Å².